The third-order valence-corrected chi connectivity index (χ3v) is 2.82. The van der Waals surface area contributed by atoms with Crippen LogP contribution in [0.2, 0.25) is 0 Å². The maximum atomic E-state index is 13.3. The molecule has 2 N–H and O–H groups in total. The van der Waals surface area contributed by atoms with Gasteiger partial charge in [-0.05, 0) is 25.7 Å². The summed E-state index contributed by atoms with van der Waals surface area (Å²) in [6.45, 7) is 2.72. The number of aliphatic hydroxyl groups is 1. The van der Waals surface area contributed by atoms with Gasteiger partial charge in [0.2, 0.25) is 0 Å². The van der Waals surface area contributed by atoms with Gasteiger partial charge in [-0.3, -0.25) is 4.99 Å². The lowest BCUT2D eigenvalue weighted by molar-refractivity contribution is 0.0354. The molecule has 0 amide bonds. The van der Waals surface area contributed by atoms with Crippen molar-refractivity contribution in [3.05, 3.63) is 0 Å². The first-order chi connectivity index (χ1) is 7.19. The normalized spacial score (nSPS) is 32.7. The van der Waals surface area contributed by atoms with Gasteiger partial charge in [0.25, 0.3) is 0 Å². The topological polar surface area (TPSA) is 56.4 Å². The van der Waals surface area contributed by atoms with Gasteiger partial charge in [-0.2, -0.15) is 0 Å². The molecule has 15 heavy (non-hydrogen) atoms. The van der Waals surface area contributed by atoms with Crippen LogP contribution in [-0.2, 0) is 0 Å². The SMILES string of the molecule is CCCN=C(C=N)[C@H]1CC[C@H](O)[C@@H](F)C1. The Morgan fingerprint density at radius 2 is 2.33 bits per heavy atom. The van der Waals surface area contributed by atoms with E-state index < -0.39 is 12.3 Å². The first kappa shape index (κ1) is 12.3. The molecule has 1 rings (SSSR count). The van der Waals surface area contributed by atoms with Gasteiger partial charge in [-0.25, -0.2) is 4.39 Å². The fraction of sp³-hybridized carbons (Fsp3) is 0.818. The van der Waals surface area contributed by atoms with Gasteiger partial charge < -0.3 is 10.5 Å². The van der Waals surface area contributed by atoms with E-state index in [1.54, 1.807) is 0 Å². The number of hydrogen-bond acceptors (Lipinski definition) is 3. The van der Waals surface area contributed by atoms with E-state index in [0.717, 1.165) is 12.8 Å². The second-order valence-corrected chi connectivity index (χ2v) is 4.04. The Balaban J connectivity index is 2.58. The zero-order valence-electron chi connectivity index (χ0n) is 9.12. The average molecular weight is 214 g/mol. The van der Waals surface area contributed by atoms with E-state index in [9.17, 15) is 9.50 Å². The average Bonchev–Trinajstić information content (AvgIpc) is 2.24. The number of nitrogens with zero attached hydrogens (tertiary/aromatic N) is 1. The number of rotatable bonds is 4. The van der Waals surface area contributed by atoms with Gasteiger partial charge >= 0.3 is 0 Å². The molecular weight excluding hydrogens is 195 g/mol. The summed E-state index contributed by atoms with van der Waals surface area (Å²) in [5, 5.41) is 16.5. The Labute approximate surface area is 89.9 Å². The molecule has 0 bridgehead atoms. The summed E-state index contributed by atoms with van der Waals surface area (Å²) < 4.78 is 13.3. The first-order valence-corrected chi connectivity index (χ1v) is 5.56. The molecule has 0 aliphatic heterocycles. The lowest BCUT2D eigenvalue weighted by atomic mass is 9.83. The van der Waals surface area contributed by atoms with E-state index in [1.165, 1.54) is 6.21 Å². The van der Waals surface area contributed by atoms with Crippen LogP contribution < -0.4 is 0 Å². The molecule has 86 valence electrons. The summed E-state index contributed by atoms with van der Waals surface area (Å²) in [7, 11) is 0. The van der Waals surface area contributed by atoms with E-state index in [-0.39, 0.29) is 5.92 Å². The largest absolute Gasteiger partial charge is 0.390 e. The highest BCUT2D eigenvalue weighted by Crippen LogP contribution is 2.27. The van der Waals surface area contributed by atoms with Gasteiger partial charge in [0.15, 0.2) is 0 Å². The van der Waals surface area contributed by atoms with Crippen LogP contribution in [0, 0.1) is 11.3 Å². The van der Waals surface area contributed by atoms with Gasteiger partial charge in [0.1, 0.15) is 6.17 Å². The molecule has 0 unspecified atom stereocenters. The maximum Gasteiger partial charge on any atom is 0.127 e. The second-order valence-electron chi connectivity index (χ2n) is 4.04. The molecule has 3 nitrogen and oxygen atoms in total. The van der Waals surface area contributed by atoms with Crippen molar-refractivity contribution >= 4 is 11.9 Å². The van der Waals surface area contributed by atoms with Crippen LogP contribution in [0.15, 0.2) is 4.99 Å². The number of nitrogens with one attached hydrogen (secondary N) is 1. The molecule has 1 aliphatic rings. The van der Waals surface area contributed by atoms with Gasteiger partial charge in [0.05, 0.1) is 11.8 Å². The van der Waals surface area contributed by atoms with Crippen LogP contribution >= 0.6 is 0 Å². The predicted octanol–water partition coefficient (Wildman–Crippen LogP) is 1.99. The lowest BCUT2D eigenvalue weighted by Crippen LogP contribution is -2.34. The molecule has 4 heteroatoms. The van der Waals surface area contributed by atoms with Crippen LogP contribution in [0.5, 0.6) is 0 Å². The molecule has 1 saturated carbocycles. The molecule has 0 spiro atoms. The standard InChI is InChI=1S/C11H19FN2O/c1-2-5-14-10(7-13)8-3-4-11(15)9(12)6-8/h7-9,11,13,15H,2-6H2,1H3/t8-,9-,11-/m0/s1. The van der Waals surface area contributed by atoms with Gasteiger partial charge in [0, 0.05) is 18.7 Å². The molecule has 1 aliphatic carbocycles. The monoisotopic (exact) mass is 214 g/mol. The summed E-state index contributed by atoms with van der Waals surface area (Å²) in [6.07, 6.45) is 1.70. The minimum Gasteiger partial charge on any atom is -0.390 e. The van der Waals surface area contributed by atoms with E-state index >= 15 is 0 Å². The zero-order valence-corrected chi connectivity index (χ0v) is 9.12. The van der Waals surface area contributed by atoms with E-state index in [0.29, 0.717) is 25.1 Å². The highest BCUT2D eigenvalue weighted by molar-refractivity contribution is 6.30. The third kappa shape index (κ3) is 3.38. The van der Waals surface area contributed by atoms with Gasteiger partial charge in [-0.1, -0.05) is 6.92 Å². The van der Waals surface area contributed by atoms with Crippen LogP contribution in [-0.4, -0.2) is 35.9 Å². The van der Waals surface area contributed by atoms with Gasteiger partial charge in [-0.15, -0.1) is 0 Å². The molecule has 0 aromatic carbocycles. The Bertz CT molecular complexity index is 243. The van der Waals surface area contributed by atoms with E-state index in [1.807, 2.05) is 6.92 Å². The summed E-state index contributed by atoms with van der Waals surface area (Å²) >= 11 is 0. The van der Waals surface area contributed by atoms with Crippen molar-refractivity contribution in [2.75, 3.05) is 6.54 Å². The fourth-order valence-corrected chi connectivity index (χ4v) is 1.90. The van der Waals surface area contributed by atoms with E-state index in [4.69, 9.17) is 5.41 Å². The summed E-state index contributed by atoms with van der Waals surface area (Å²) in [6, 6.07) is 0. The summed E-state index contributed by atoms with van der Waals surface area (Å²) in [5.74, 6) is 0.0208. The van der Waals surface area contributed by atoms with Crippen LogP contribution in [0.1, 0.15) is 32.6 Å². The van der Waals surface area contributed by atoms with Crippen LogP contribution in [0.4, 0.5) is 4.39 Å². The molecule has 3 atom stereocenters. The molecule has 0 radical (unpaired) electrons. The first-order valence-electron chi connectivity index (χ1n) is 5.56. The minimum absolute atomic E-state index is 0.0208. The van der Waals surface area contributed by atoms with Crippen molar-refractivity contribution in [1.82, 2.24) is 0 Å². The quantitative estimate of drug-likeness (QED) is 0.691. The van der Waals surface area contributed by atoms with Crippen molar-refractivity contribution in [1.29, 1.82) is 5.41 Å². The Morgan fingerprint density at radius 1 is 1.60 bits per heavy atom. The summed E-state index contributed by atoms with van der Waals surface area (Å²) in [5.41, 5.74) is 0.686. The zero-order chi connectivity index (χ0) is 11.3. The predicted molar refractivity (Wildman–Crippen MR) is 59.6 cm³/mol. The lowest BCUT2D eigenvalue weighted by Gasteiger charge is -2.28. The molecule has 0 aromatic rings. The number of aliphatic imine (C=N–C) groups is 1. The van der Waals surface area contributed by atoms with Crippen molar-refractivity contribution in [2.24, 2.45) is 10.9 Å². The fourth-order valence-electron chi connectivity index (χ4n) is 1.90. The molecule has 0 saturated heterocycles. The van der Waals surface area contributed by atoms with Crippen LogP contribution in [0.25, 0.3) is 0 Å². The second kappa shape index (κ2) is 5.95. The van der Waals surface area contributed by atoms with Crippen molar-refractivity contribution < 1.29 is 9.50 Å². The number of halogens is 1. The van der Waals surface area contributed by atoms with Crippen molar-refractivity contribution in [3.63, 3.8) is 0 Å². The number of hydrogen-bond donors (Lipinski definition) is 2. The Kier molecular flexibility index (Phi) is 4.88. The van der Waals surface area contributed by atoms with Crippen LogP contribution in [0.3, 0.4) is 0 Å². The van der Waals surface area contributed by atoms with Crippen molar-refractivity contribution in [3.8, 4) is 0 Å². The molecule has 0 heterocycles. The highest BCUT2D eigenvalue weighted by atomic mass is 19.1. The maximum absolute atomic E-state index is 13.3. The number of aliphatic hydroxyl groups excluding tert-OH is 1. The van der Waals surface area contributed by atoms with E-state index in [2.05, 4.69) is 4.99 Å². The number of alkyl halides is 1. The summed E-state index contributed by atoms with van der Waals surface area (Å²) in [4.78, 5) is 4.27. The Morgan fingerprint density at radius 3 is 2.87 bits per heavy atom. The molecule has 1 fully saturated rings. The smallest absolute Gasteiger partial charge is 0.127 e. The minimum atomic E-state index is -1.16. The highest BCUT2D eigenvalue weighted by Gasteiger charge is 2.30. The Hall–Kier alpha value is -0.770. The third-order valence-electron chi connectivity index (χ3n) is 2.82. The molecular formula is C11H19FN2O. The van der Waals surface area contributed by atoms with Crippen molar-refractivity contribution in [2.45, 2.75) is 44.9 Å². The molecule has 0 aromatic heterocycles.